The molecule has 0 aromatic heterocycles. The normalized spacial score (nSPS) is 15.2. The van der Waals surface area contributed by atoms with Crippen LogP contribution in [0.25, 0.3) is 6.08 Å². The SMILES string of the molecule is Cc1ccccc1CNc1ccc2c(c1)C=CC(C)(C)O2. The summed E-state index contributed by atoms with van der Waals surface area (Å²) in [5, 5.41) is 3.48. The van der Waals surface area contributed by atoms with Gasteiger partial charge in [0.2, 0.25) is 0 Å². The highest BCUT2D eigenvalue weighted by molar-refractivity contribution is 5.66. The third-order valence-corrected chi connectivity index (χ3v) is 3.79. The molecule has 0 radical (unpaired) electrons. The molecule has 0 spiro atoms. The Morgan fingerprint density at radius 3 is 2.71 bits per heavy atom. The van der Waals surface area contributed by atoms with Crippen LogP contribution in [-0.4, -0.2) is 5.60 Å². The molecule has 1 N–H and O–H groups in total. The smallest absolute Gasteiger partial charge is 0.127 e. The zero-order chi connectivity index (χ0) is 14.9. The van der Waals surface area contributed by atoms with Gasteiger partial charge < -0.3 is 10.1 Å². The molecule has 108 valence electrons. The number of ether oxygens (including phenoxy) is 1. The summed E-state index contributed by atoms with van der Waals surface area (Å²) in [6.45, 7) is 7.11. The minimum Gasteiger partial charge on any atom is -0.483 e. The lowest BCUT2D eigenvalue weighted by atomic mass is 10.0. The molecular weight excluding hydrogens is 258 g/mol. The van der Waals surface area contributed by atoms with Gasteiger partial charge in [0.25, 0.3) is 0 Å². The molecule has 0 bridgehead atoms. The Morgan fingerprint density at radius 1 is 1.10 bits per heavy atom. The maximum absolute atomic E-state index is 5.94. The zero-order valence-corrected chi connectivity index (χ0v) is 12.8. The first-order valence-electron chi connectivity index (χ1n) is 7.34. The molecule has 1 aliphatic rings. The molecule has 3 rings (SSSR count). The second-order valence-electron chi connectivity index (χ2n) is 6.07. The van der Waals surface area contributed by atoms with Crippen LogP contribution in [0.5, 0.6) is 5.75 Å². The quantitative estimate of drug-likeness (QED) is 0.872. The van der Waals surface area contributed by atoms with Crippen molar-refractivity contribution >= 4 is 11.8 Å². The molecule has 0 aliphatic carbocycles. The highest BCUT2D eigenvalue weighted by atomic mass is 16.5. The molecule has 2 aromatic rings. The Balaban J connectivity index is 1.75. The highest BCUT2D eigenvalue weighted by Gasteiger charge is 2.21. The Kier molecular flexibility index (Phi) is 3.46. The Labute approximate surface area is 126 Å². The van der Waals surface area contributed by atoms with Gasteiger partial charge in [-0.05, 0) is 56.2 Å². The van der Waals surface area contributed by atoms with Gasteiger partial charge in [0.1, 0.15) is 11.4 Å². The van der Waals surface area contributed by atoms with Gasteiger partial charge in [-0.25, -0.2) is 0 Å². The summed E-state index contributed by atoms with van der Waals surface area (Å²) in [5.74, 6) is 0.948. The number of rotatable bonds is 3. The summed E-state index contributed by atoms with van der Waals surface area (Å²) < 4.78 is 5.94. The number of hydrogen-bond acceptors (Lipinski definition) is 2. The van der Waals surface area contributed by atoms with Crippen LogP contribution in [0.3, 0.4) is 0 Å². The first-order chi connectivity index (χ1) is 10.0. The minimum absolute atomic E-state index is 0.219. The molecule has 0 unspecified atom stereocenters. The van der Waals surface area contributed by atoms with Crippen molar-refractivity contribution in [2.45, 2.75) is 32.9 Å². The Hall–Kier alpha value is -2.22. The first kappa shape index (κ1) is 13.7. The molecule has 0 saturated heterocycles. The first-order valence-corrected chi connectivity index (χ1v) is 7.34. The fourth-order valence-electron chi connectivity index (χ4n) is 2.50. The van der Waals surface area contributed by atoms with Crippen LogP contribution in [-0.2, 0) is 6.54 Å². The summed E-state index contributed by atoms with van der Waals surface area (Å²) in [6.07, 6.45) is 4.23. The fraction of sp³-hybridized carbons (Fsp3) is 0.263. The zero-order valence-electron chi connectivity index (χ0n) is 12.8. The van der Waals surface area contributed by atoms with Crippen molar-refractivity contribution in [1.82, 2.24) is 0 Å². The molecule has 1 heterocycles. The van der Waals surface area contributed by atoms with Crippen LogP contribution in [0.1, 0.15) is 30.5 Å². The van der Waals surface area contributed by atoms with Crippen molar-refractivity contribution in [3.8, 4) is 5.75 Å². The van der Waals surface area contributed by atoms with Crippen molar-refractivity contribution in [2.24, 2.45) is 0 Å². The summed E-state index contributed by atoms with van der Waals surface area (Å²) in [6, 6.07) is 14.7. The van der Waals surface area contributed by atoms with Gasteiger partial charge in [-0.1, -0.05) is 30.3 Å². The van der Waals surface area contributed by atoms with E-state index in [1.165, 1.54) is 11.1 Å². The van der Waals surface area contributed by atoms with E-state index in [0.29, 0.717) is 0 Å². The van der Waals surface area contributed by atoms with Crippen molar-refractivity contribution in [2.75, 3.05) is 5.32 Å². The van der Waals surface area contributed by atoms with Crippen LogP contribution >= 0.6 is 0 Å². The van der Waals surface area contributed by atoms with E-state index in [9.17, 15) is 0 Å². The van der Waals surface area contributed by atoms with E-state index in [-0.39, 0.29) is 5.60 Å². The monoisotopic (exact) mass is 279 g/mol. The van der Waals surface area contributed by atoms with Gasteiger partial charge in [0, 0.05) is 17.8 Å². The maximum atomic E-state index is 5.94. The van der Waals surface area contributed by atoms with E-state index in [1.54, 1.807) is 0 Å². The van der Waals surface area contributed by atoms with E-state index in [0.717, 1.165) is 23.5 Å². The molecule has 2 heteroatoms. The second-order valence-corrected chi connectivity index (χ2v) is 6.07. The van der Waals surface area contributed by atoms with Crippen LogP contribution in [0.4, 0.5) is 5.69 Å². The average molecular weight is 279 g/mol. The summed E-state index contributed by atoms with van der Waals surface area (Å²) in [5.41, 5.74) is 4.66. The van der Waals surface area contributed by atoms with Gasteiger partial charge in [-0.15, -0.1) is 0 Å². The third-order valence-electron chi connectivity index (χ3n) is 3.79. The average Bonchev–Trinajstić information content (AvgIpc) is 2.46. The molecule has 0 atom stereocenters. The van der Waals surface area contributed by atoms with Crippen LogP contribution < -0.4 is 10.1 Å². The molecular formula is C19H21NO. The number of fused-ring (bicyclic) bond motifs is 1. The predicted octanol–water partition coefficient (Wildman–Crippen LogP) is 4.79. The van der Waals surface area contributed by atoms with Crippen molar-refractivity contribution in [1.29, 1.82) is 0 Å². The molecule has 0 amide bonds. The fourth-order valence-corrected chi connectivity index (χ4v) is 2.50. The Bertz CT molecular complexity index is 686. The van der Waals surface area contributed by atoms with Crippen LogP contribution in [0.2, 0.25) is 0 Å². The minimum atomic E-state index is -0.219. The lowest BCUT2D eigenvalue weighted by Gasteiger charge is -2.28. The van der Waals surface area contributed by atoms with E-state index >= 15 is 0 Å². The molecule has 0 saturated carbocycles. The second kappa shape index (κ2) is 5.28. The van der Waals surface area contributed by atoms with Crippen LogP contribution in [0, 0.1) is 6.92 Å². The van der Waals surface area contributed by atoms with Crippen LogP contribution in [0.15, 0.2) is 48.5 Å². The molecule has 0 fully saturated rings. The lowest BCUT2D eigenvalue weighted by molar-refractivity contribution is 0.159. The number of aryl methyl sites for hydroxylation is 1. The third kappa shape index (κ3) is 3.10. The van der Waals surface area contributed by atoms with E-state index < -0.39 is 0 Å². The lowest BCUT2D eigenvalue weighted by Crippen LogP contribution is -2.27. The van der Waals surface area contributed by atoms with Gasteiger partial charge in [0.05, 0.1) is 0 Å². The predicted molar refractivity (Wildman–Crippen MR) is 88.7 cm³/mol. The largest absolute Gasteiger partial charge is 0.483 e. The van der Waals surface area contributed by atoms with Gasteiger partial charge >= 0.3 is 0 Å². The maximum Gasteiger partial charge on any atom is 0.127 e. The van der Waals surface area contributed by atoms with E-state index in [1.807, 2.05) is 6.07 Å². The highest BCUT2D eigenvalue weighted by Crippen LogP contribution is 2.32. The Morgan fingerprint density at radius 2 is 1.90 bits per heavy atom. The summed E-state index contributed by atoms with van der Waals surface area (Å²) in [4.78, 5) is 0. The molecule has 2 nitrogen and oxygen atoms in total. The summed E-state index contributed by atoms with van der Waals surface area (Å²) >= 11 is 0. The van der Waals surface area contributed by atoms with E-state index in [2.05, 4.69) is 74.6 Å². The van der Waals surface area contributed by atoms with Crippen molar-refractivity contribution in [3.63, 3.8) is 0 Å². The van der Waals surface area contributed by atoms with Crippen molar-refractivity contribution < 1.29 is 4.74 Å². The summed E-state index contributed by atoms with van der Waals surface area (Å²) in [7, 11) is 0. The molecule has 1 aliphatic heterocycles. The molecule has 2 aromatic carbocycles. The molecule has 21 heavy (non-hydrogen) atoms. The number of hydrogen-bond donors (Lipinski definition) is 1. The number of anilines is 1. The van der Waals surface area contributed by atoms with Gasteiger partial charge in [-0.2, -0.15) is 0 Å². The van der Waals surface area contributed by atoms with Gasteiger partial charge in [0.15, 0.2) is 0 Å². The van der Waals surface area contributed by atoms with Crippen molar-refractivity contribution in [3.05, 3.63) is 65.2 Å². The number of benzene rings is 2. The van der Waals surface area contributed by atoms with Gasteiger partial charge in [-0.3, -0.25) is 0 Å². The number of nitrogens with one attached hydrogen (secondary N) is 1. The standard InChI is InChI=1S/C19H21NO/c1-14-6-4-5-7-16(14)13-20-17-8-9-18-15(12-17)10-11-19(2,3)21-18/h4-12,20H,13H2,1-3H3. The topological polar surface area (TPSA) is 21.3 Å². The van der Waals surface area contributed by atoms with E-state index in [4.69, 9.17) is 4.74 Å².